The lowest BCUT2D eigenvalue weighted by Crippen LogP contribution is -1.85. The summed E-state index contributed by atoms with van der Waals surface area (Å²) in [6, 6.07) is 0. The van der Waals surface area contributed by atoms with Crippen LogP contribution in [0.3, 0.4) is 0 Å². The first kappa shape index (κ1) is 16.1. The maximum Gasteiger partial charge on any atom is 0.327 e. The lowest BCUT2D eigenvalue weighted by Gasteiger charge is -1.96. The number of hydrogen-bond donors (Lipinski definition) is 1. The summed E-state index contributed by atoms with van der Waals surface area (Å²) >= 11 is 0. The topological polar surface area (TPSA) is 37.3 Å². The van der Waals surface area contributed by atoms with E-state index in [1.165, 1.54) is 38.2 Å². The van der Waals surface area contributed by atoms with Crippen molar-refractivity contribution >= 4 is 23.0 Å². The van der Waals surface area contributed by atoms with E-state index < -0.39 is 5.97 Å². The number of allylic oxidation sites excluding steroid dienone is 1. The Morgan fingerprint density at radius 3 is 2.29 bits per heavy atom. The van der Waals surface area contributed by atoms with E-state index in [0.717, 1.165) is 12.8 Å². The molecule has 0 heterocycles. The van der Waals surface area contributed by atoms with Crippen molar-refractivity contribution in [3.05, 3.63) is 12.2 Å². The molecule has 0 aliphatic heterocycles. The van der Waals surface area contributed by atoms with Crippen LogP contribution in [0.1, 0.15) is 51.9 Å². The van der Waals surface area contributed by atoms with Gasteiger partial charge in [0.25, 0.3) is 0 Å². The van der Waals surface area contributed by atoms with Gasteiger partial charge in [-0.2, -0.15) is 0 Å². The van der Waals surface area contributed by atoms with Gasteiger partial charge in [-0.15, -0.1) is 17.0 Å². The molecule has 0 aliphatic carbocycles. The van der Waals surface area contributed by atoms with Gasteiger partial charge in [0, 0.05) is 6.08 Å². The highest BCUT2D eigenvalue weighted by atomic mass is 79.9. The molecule has 0 fully saturated rings. The molecule has 0 bridgehead atoms. The molecule has 0 rings (SSSR count). The number of halogens is 1. The fourth-order valence-electron chi connectivity index (χ4n) is 1.23. The third-order valence-electron chi connectivity index (χ3n) is 1.98. The molecule has 84 valence electrons. The van der Waals surface area contributed by atoms with Crippen molar-refractivity contribution in [2.75, 3.05) is 0 Å². The molecule has 0 aromatic carbocycles. The minimum atomic E-state index is -0.842. The van der Waals surface area contributed by atoms with Gasteiger partial charge in [-0.1, -0.05) is 45.1 Å². The highest BCUT2D eigenvalue weighted by Gasteiger charge is 1.89. The zero-order chi connectivity index (χ0) is 9.94. The number of unbranched alkanes of at least 4 members (excludes halogenated alkanes) is 6. The van der Waals surface area contributed by atoms with Crippen molar-refractivity contribution in [2.45, 2.75) is 51.9 Å². The Morgan fingerprint density at radius 1 is 1.14 bits per heavy atom. The van der Waals surface area contributed by atoms with Gasteiger partial charge >= 0.3 is 5.97 Å². The minimum Gasteiger partial charge on any atom is -0.478 e. The molecule has 0 aromatic heterocycles. The molecule has 0 saturated carbocycles. The molecule has 0 amide bonds. The molecule has 1 N–H and O–H groups in total. The Balaban J connectivity index is 0. The Morgan fingerprint density at radius 2 is 1.71 bits per heavy atom. The number of aliphatic carboxylic acids is 1. The van der Waals surface area contributed by atoms with Gasteiger partial charge in [-0.3, -0.25) is 0 Å². The second-order valence-electron chi connectivity index (χ2n) is 3.30. The number of carboxylic acids is 1. The first-order valence-corrected chi connectivity index (χ1v) is 5.17. The average molecular weight is 265 g/mol. The van der Waals surface area contributed by atoms with Crippen LogP contribution < -0.4 is 0 Å². The average Bonchev–Trinajstić information content (AvgIpc) is 2.09. The largest absolute Gasteiger partial charge is 0.478 e. The smallest absolute Gasteiger partial charge is 0.327 e. The van der Waals surface area contributed by atoms with Gasteiger partial charge < -0.3 is 5.11 Å². The van der Waals surface area contributed by atoms with E-state index in [0.29, 0.717) is 0 Å². The molecule has 0 saturated heterocycles. The van der Waals surface area contributed by atoms with E-state index in [4.69, 9.17) is 5.11 Å². The molecule has 2 nitrogen and oxygen atoms in total. The van der Waals surface area contributed by atoms with Crippen molar-refractivity contribution < 1.29 is 9.90 Å². The van der Waals surface area contributed by atoms with Crippen molar-refractivity contribution in [1.29, 1.82) is 0 Å². The Labute approximate surface area is 97.2 Å². The monoisotopic (exact) mass is 264 g/mol. The molecule has 3 heteroatoms. The summed E-state index contributed by atoms with van der Waals surface area (Å²) in [5.74, 6) is -0.842. The van der Waals surface area contributed by atoms with Gasteiger partial charge in [-0.25, -0.2) is 4.79 Å². The Hall–Kier alpha value is -0.310. The quantitative estimate of drug-likeness (QED) is 0.533. The van der Waals surface area contributed by atoms with Crippen LogP contribution in [0.25, 0.3) is 0 Å². The fraction of sp³-hybridized carbons (Fsp3) is 0.727. The summed E-state index contributed by atoms with van der Waals surface area (Å²) in [5, 5.41) is 8.30. The molecule has 0 aromatic rings. The van der Waals surface area contributed by atoms with E-state index in [1.807, 2.05) is 0 Å². The van der Waals surface area contributed by atoms with Crippen molar-refractivity contribution in [3.8, 4) is 0 Å². The van der Waals surface area contributed by atoms with Crippen LogP contribution in [-0.2, 0) is 4.79 Å². The fourth-order valence-corrected chi connectivity index (χ4v) is 1.23. The molecule has 14 heavy (non-hydrogen) atoms. The van der Waals surface area contributed by atoms with Crippen LogP contribution in [-0.4, -0.2) is 11.1 Å². The summed E-state index contributed by atoms with van der Waals surface area (Å²) in [6.45, 7) is 2.20. The van der Waals surface area contributed by atoms with Crippen LogP contribution in [0.2, 0.25) is 0 Å². The van der Waals surface area contributed by atoms with Crippen LogP contribution in [0, 0.1) is 0 Å². The second-order valence-corrected chi connectivity index (χ2v) is 3.30. The third kappa shape index (κ3) is 14.2. The van der Waals surface area contributed by atoms with Crippen molar-refractivity contribution in [3.63, 3.8) is 0 Å². The minimum absolute atomic E-state index is 0. The van der Waals surface area contributed by atoms with Gasteiger partial charge in [-0.05, 0) is 12.8 Å². The van der Waals surface area contributed by atoms with E-state index in [2.05, 4.69) is 6.92 Å². The zero-order valence-corrected chi connectivity index (χ0v) is 10.6. The van der Waals surface area contributed by atoms with E-state index >= 15 is 0 Å². The molecular formula is C11H21BrO2. The maximum atomic E-state index is 10.1. The molecule has 0 aliphatic rings. The predicted octanol–water partition coefficient (Wildman–Crippen LogP) is 3.96. The van der Waals surface area contributed by atoms with Crippen LogP contribution in [0.4, 0.5) is 0 Å². The summed E-state index contributed by atoms with van der Waals surface area (Å²) in [6.07, 6.45) is 11.4. The van der Waals surface area contributed by atoms with E-state index in [-0.39, 0.29) is 17.0 Å². The number of carboxylic acid groups (broad SMARTS) is 1. The Bertz CT molecular complexity index is 155. The molecule has 0 atom stereocenters. The summed E-state index contributed by atoms with van der Waals surface area (Å²) in [4.78, 5) is 10.1. The molecular weight excluding hydrogens is 244 g/mol. The van der Waals surface area contributed by atoms with E-state index in [1.54, 1.807) is 6.08 Å². The molecule has 0 spiro atoms. The van der Waals surface area contributed by atoms with Crippen LogP contribution in [0.15, 0.2) is 12.2 Å². The zero-order valence-electron chi connectivity index (χ0n) is 8.87. The van der Waals surface area contributed by atoms with Crippen LogP contribution >= 0.6 is 17.0 Å². The first-order valence-electron chi connectivity index (χ1n) is 5.17. The third-order valence-corrected chi connectivity index (χ3v) is 1.98. The van der Waals surface area contributed by atoms with Crippen molar-refractivity contribution in [2.24, 2.45) is 0 Å². The number of hydrogen-bond acceptors (Lipinski definition) is 1. The highest BCUT2D eigenvalue weighted by Crippen LogP contribution is 2.06. The lowest BCUT2D eigenvalue weighted by molar-refractivity contribution is -0.131. The predicted molar refractivity (Wildman–Crippen MR) is 65.1 cm³/mol. The normalized spacial score (nSPS) is 10.1. The maximum absolute atomic E-state index is 10.1. The summed E-state index contributed by atoms with van der Waals surface area (Å²) in [5.41, 5.74) is 0. The Kier molecular flexibility index (Phi) is 14.6. The van der Waals surface area contributed by atoms with Gasteiger partial charge in [0.1, 0.15) is 0 Å². The highest BCUT2D eigenvalue weighted by molar-refractivity contribution is 8.93. The SMILES string of the molecule is Br.CCCCCCCCC=CC(=O)O. The van der Waals surface area contributed by atoms with Crippen molar-refractivity contribution in [1.82, 2.24) is 0 Å². The molecule has 0 radical (unpaired) electrons. The first-order chi connectivity index (χ1) is 6.27. The van der Waals surface area contributed by atoms with Gasteiger partial charge in [0.2, 0.25) is 0 Å². The van der Waals surface area contributed by atoms with Gasteiger partial charge in [0.05, 0.1) is 0 Å². The summed E-state index contributed by atoms with van der Waals surface area (Å²) in [7, 11) is 0. The summed E-state index contributed by atoms with van der Waals surface area (Å²) < 4.78 is 0. The standard InChI is InChI=1S/C11H20O2.BrH/c1-2-3-4-5-6-7-8-9-10-11(12)13;/h9-10H,2-8H2,1H3,(H,12,13);1H. The van der Waals surface area contributed by atoms with E-state index in [9.17, 15) is 4.79 Å². The lowest BCUT2D eigenvalue weighted by atomic mass is 10.1. The second kappa shape index (κ2) is 12.7. The number of rotatable bonds is 8. The van der Waals surface area contributed by atoms with Crippen LogP contribution in [0.5, 0.6) is 0 Å². The van der Waals surface area contributed by atoms with Gasteiger partial charge in [0.15, 0.2) is 0 Å². The number of carbonyl (C=O) groups is 1. The molecule has 0 unspecified atom stereocenters.